The second-order valence-corrected chi connectivity index (χ2v) is 7.24. The van der Waals surface area contributed by atoms with E-state index in [4.69, 9.17) is 0 Å². The third-order valence-electron chi connectivity index (χ3n) is 3.28. The van der Waals surface area contributed by atoms with Crippen LogP contribution in [0.15, 0.2) is 38.1 Å². The maximum atomic E-state index is 12.8. The third kappa shape index (κ3) is 3.47. The number of aromatic amines is 2. The molecule has 2 aromatic heterocycles. The normalized spacial score (nSPS) is 11.6. The fraction of sp³-hybridized carbons (Fsp3) is 0.133. The summed E-state index contributed by atoms with van der Waals surface area (Å²) in [5.74, 6) is 0.188. The fourth-order valence-corrected chi connectivity index (χ4v) is 4.45. The van der Waals surface area contributed by atoms with Gasteiger partial charge in [-0.15, -0.1) is 23.1 Å². The number of hydrogen-bond acceptors (Lipinski definition) is 5. The molecule has 0 amide bonds. The fourth-order valence-electron chi connectivity index (χ4n) is 2.18. The molecular formula is C15H8F3N3O2S2. The van der Waals surface area contributed by atoms with Crippen LogP contribution in [0.25, 0.3) is 10.2 Å². The average Bonchev–Trinajstić information content (AvgIpc) is 2.90. The first-order valence-electron chi connectivity index (χ1n) is 6.77. The van der Waals surface area contributed by atoms with E-state index in [2.05, 4.69) is 9.97 Å². The number of fused-ring (bicyclic) bond motifs is 1. The smallest absolute Gasteiger partial charge is 0.305 e. The van der Waals surface area contributed by atoms with Crippen molar-refractivity contribution in [2.24, 2.45) is 0 Å². The Hall–Kier alpha value is -2.51. The molecule has 0 aliphatic rings. The molecule has 0 bridgehead atoms. The molecule has 0 spiro atoms. The van der Waals surface area contributed by atoms with Crippen LogP contribution >= 0.6 is 23.1 Å². The molecule has 0 saturated carbocycles. The summed E-state index contributed by atoms with van der Waals surface area (Å²) in [5, 5.41) is 9.30. The number of nitriles is 1. The zero-order valence-electron chi connectivity index (χ0n) is 12.2. The molecule has 10 heteroatoms. The van der Waals surface area contributed by atoms with Gasteiger partial charge in [0.05, 0.1) is 15.3 Å². The van der Waals surface area contributed by atoms with Gasteiger partial charge in [-0.1, -0.05) is 18.2 Å². The molecule has 3 rings (SSSR count). The van der Waals surface area contributed by atoms with Crippen LogP contribution in [0.1, 0.15) is 16.7 Å². The van der Waals surface area contributed by atoms with E-state index in [9.17, 15) is 28.0 Å². The molecular weight excluding hydrogens is 375 g/mol. The summed E-state index contributed by atoms with van der Waals surface area (Å²) in [7, 11) is 0. The molecule has 1 aromatic carbocycles. The van der Waals surface area contributed by atoms with Gasteiger partial charge in [0.15, 0.2) is 0 Å². The quantitative estimate of drug-likeness (QED) is 0.678. The molecule has 2 N–H and O–H groups in total. The van der Waals surface area contributed by atoms with Crippen LogP contribution in [0, 0.1) is 11.3 Å². The molecule has 0 aliphatic carbocycles. The van der Waals surface area contributed by atoms with Gasteiger partial charge < -0.3 is 4.98 Å². The molecule has 128 valence electrons. The highest BCUT2D eigenvalue weighted by atomic mass is 32.2. The molecule has 2 heterocycles. The number of nitrogens with one attached hydrogen (secondary N) is 2. The summed E-state index contributed by atoms with van der Waals surface area (Å²) in [4.78, 5) is 27.7. The Morgan fingerprint density at radius 2 is 2.00 bits per heavy atom. The van der Waals surface area contributed by atoms with Crippen molar-refractivity contribution in [1.82, 2.24) is 9.97 Å². The Kier molecular flexibility index (Phi) is 4.45. The van der Waals surface area contributed by atoms with E-state index in [0.29, 0.717) is 9.77 Å². The molecule has 3 aromatic rings. The number of aromatic nitrogens is 2. The summed E-state index contributed by atoms with van der Waals surface area (Å²) >= 11 is 2.16. The van der Waals surface area contributed by atoms with Gasteiger partial charge >= 0.3 is 11.9 Å². The number of benzene rings is 1. The summed E-state index contributed by atoms with van der Waals surface area (Å²) in [6.45, 7) is 0. The first kappa shape index (κ1) is 17.3. The van der Waals surface area contributed by atoms with E-state index < -0.39 is 23.0 Å². The van der Waals surface area contributed by atoms with Crippen LogP contribution in [-0.4, -0.2) is 9.97 Å². The predicted molar refractivity (Wildman–Crippen MR) is 88.8 cm³/mol. The highest BCUT2D eigenvalue weighted by Gasteiger charge is 2.30. The van der Waals surface area contributed by atoms with Gasteiger partial charge in [-0.2, -0.15) is 18.4 Å². The Labute approximate surface area is 146 Å². The van der Waals surface area contributed by atoms with E-state index in [-0.39, 0.29) is 21.5 Å². The van der Waals surface area contributed by atoms with Crippen molar-refractivity contribution in [2.45, 2.75) is 16.1 Å². The number of halogens is 3. The minimum absolute atomic E-state index is 0.139. The molecule has 0 aliphatic heterocycles. The first-order chi connectivity index (χ1) is 11.8. The lowest BCUT2D eigenvalue weighted by Crippen LogP contribution is -2.20. The predicted octanol–water partition coefficient (Wildman–Crippen LogP) is 3.46. The Balaban J connectivity index is 1.95. The number of H-pyrrole nitrogens is 2. The van der Waals surface area contributed by atoms with E-state index in [1.165, 1.54) is 6.07 Å². The maximum Gasteiger partial charge on any atom is 0.416 e. The van der Waals surface area contributed by atoms with Crippen molar-refractivity contribution in [3.63, 3.8) is 0 Å². The first-order valence-corrected chi connectivity index (χ1v) is 8.58. The average molecular weight is 383 g/mol. The van der Waals surface area contributed by atoms with Crippen LogP contribution in [-0.2, 0) is 11.9 Å². The molecule has 0 unspecified atom stereocenters. The molecule has 0 radical (unpaired) electrons. The van der Waals surface area contributed by atoms with Gasteiger partial charge in [0.1, 0.15) is 16.3 Å². The lowest BCUT2D eigenvalue weighted by molar-refractivity contribution is -0.137. The zero-order valence-corrected chi connectivity index (χ0v) is 13.9. The highest BCUT2D eigenvalue weighted by molar-refractivity contribution is 8.00. The molecule has 0 fully saturated rings. The second kappa shape index (κ2) is 6.42. The summed E-state index contributed by atoms with van der Waals surface area (Å²) in [5.41, 5.74) is -1.35. The Morgan fingerprint density at radius 1 is 1.24 bits per heavy atom. The number of hydrogen-bond donors (Lipinski definition) is 2. The van der Waals surface area contributed by atoms with Crippen molar-refractivity contribution >= 4 is 33.3 Å². The van der Waals surface area contributed by atoms with Gasteiger partial charge in [0.2, 0.25) is 0 Å². The van der Waals surface area contributed by atoms with E-state index >= 15 is 0 Å². The number of thiophene rings is 1. The zero-order chi connectivity index (χ0) is 18.2. The Morgan fingerprint density at radius 3 is 2.68 bits per heavy atom. The van der Waals surface area contributed by atoms with Gasteiger partial charge in [-0.3, -0.25) is 9.78 Å². The Bertz CT molecular complexity index is 1110. The van der Waals surface area contributed by atoms with Crippen LogP contribution < -0.4 is 11.2 Å². The van der Waals surface area contributed by atoms with Crippen LogP contribution in [0.5, 0.6) is 0 Å². The van der Waals surface area contributed by atoms with Crippen LogP contribution in [0.3, 0.4) is 0 Å². The topological polar surface area (TPSA) is 89.5 Å². The summed E-state index contributed by atoms with van der Waals surface area (Å²) in [6, 6.07) is 6.83. The number of nitrogens with zero attached hydrogens (tertiary/aromatic N) is 1. The minimum atomic E-state index is -4.43. The molecule has 0 saturated heterocycles. The monoisotopic (exact) mass is 383 g/mol. The summed E-state index contributed by atoms with van der Waals surface area (Å²) in [6.07, 6.45) is -4.43. The number of alkyl halides is 3. The lowest BCUT2D eigenvalue weighted by Gasteiger charge is -2.08. The van der Waals surface area contributed by atoms with E-state index in [1.54, 1.807) is 6.07 Å². The largest absolute Gasteiger partial charge is 0.416 e. The van der Waals surface area contributed by atoms with Gasteiger partial charge in [-0.05, 0) is 11.6 Å². The van der Waals surface area contributed by atoms with Crippen molar-refractivity contribution in [1.29, 1.82) is 5.26 Å². The van der Waals surface area contributed by atoms with Crippen LogP contribution in [0.2, 0.25) is 0 Å². The van der Waals surface area contributed by atoms with Gasteiger partial charge in [-0.25, -0.2) is 4.79 Å². The van der Waals surface area contributed by atoms with Gasteiger partial charge in [0, 0.05) is 5.75 Å². The highest BCUT2D eigenvalue weighted by Crippen LogP contribution is 2.37. The van der Waals surface area contributed by atoms with Crippen molar-refractivity contribution in [3.05, 3.63) is 61.8 Å². The lowest BCUT2D eigenvalue weighted by atomic mass is 10.1. The maximum absolute atomic E-state index is 12.8. The van der Waals surface area contributed by atoms with Crippen molar-refractivity contribution < 1.29 is 13.2 Å². The third-order valence-corrected chi connectivity index (χ3v) is 5.81. The van der Waals surface area contributed by atoms with E-state index in [0.717, 1.165) is 35.2 Å². The standard InChI is InChI=1S/C15H8F3N3O2S2/c16-15(17,18)8-3-1-2-7(4-8)6-24-13-9(5-19)10-11(25-13)12(22)21-14(23)20-10/h1-4H,6H2,(H2,20,21,22,23). The summed E-state index contributed by atoms with van der Waals surface area (Å²) < 4.78 is 38.9. The van der Waals surface area contributed by atoms with E-state index in [1.807, 2.05) is 6.07 Å². The van der Waals surface area contributed by atoms with Gasteiger partial charge in [0.25, 0.3) is 5.56 Å². The SMILES string of the molecule is N#Cc1c(SCc2cccc(C(F)(F)F)c2)sc2c(=O)[nH]c(=O)[nH]c12. The molecule has 0 atom stereocenters. The molecule has 25 heavy (non-hydrogen) atoms. The molecule has 5 nitrogen and oxygen atoms in total. The second-order valence-electron chi connectivity index (χ2n) is 4.98. The number of rotatable bonds is 3. The minimum Gasteiger partial charge on any atom is -0.305 e. The van der Waals surface area contributed by atoms with Crippen LogP contribution in [0.4, 0.5) is 13.2 Å². The van der Waals surface area contributed by atoms with Crippen molar-refractivity contribution in [2.75, 3.05) is 0 Å². The van der Waals surface area contributed by atoms with Crippen molar-refractivity contribution in [3.8, 4) is 6.07 Å². The number of thioether (sulfide) groups is 1.